The van der Waals surface area contributed by atoms with E-state index < -0.39 is 10.0 Å². The Kier molecular flexibility index (Phi) is 9.95. The van der Waals surface area contributed by atoms with Gasteiger partial charge in [-0.2, -0.15) is 0 Å². The first-order valence-corrected chi connectivity index (χ1v) is 10.6. The Morgan fingerprint density at radius 1 is 1.30 bits per heavy atom. The molecule has 0 fully saturated rings. The fourth-order valence-corrected chi connectivity index (χ4v) is 3.13. The van der Waals surface area contributed by atoms with Gasteiger partial charge < -0.3 is 20.1 Å². The summed E-state index contributed by atoms with van der Waals surface area (Å²) in [7, 11) is 1.79. The number of ether oxygens (including phenoxy) is 2. The van der Waals surface area contributed by atoms with Crippen LogP contribution in [0.4, 0.5) is 0 Å². The van der Waals surface area contributed by atoms with E-state index in [9.17, 15) is 8.42 Å². The second kappa shape index (κ2) is 11.7. The molecule has 0 radical (unpaired) electrons. The van der Waals surface area contributed by atoms with Crippen LogP contribution in [0.25, 0.3) is 0 Å². The van der Waals surface area contributed by atoms with E-state index >= 15 is 0 Å². The molecule has 154 valence electrons. The van der Waals surface area contributed by atoms with Gasteiger partial charge in [-0.1, -0.05) is 6.07 Å². The lowest BCUT2D eigenvalue weighted by Crippen LogP contribution is -2.42. The average Bonchev–Trinajstić information content (AvgIpc) is 2.67. The van der Waals surface area contributed by atoms with E-state index in [1.54, 1.807) is 28.1 Å². The minimum atomic E-state index is -3.13. The molecule has 1 aromatic rings. The van der Waals surface area contributed by atoms with Crippen LogP contribution in [0.2, 0.25) is 0 Å². The van der Waals surface area contributed by atoms with Crippen molar-refractivity contribution in [2.45, 2.75) is 26.4 Å². The average molecular weight is 401 g/mol. The van der Waals surface area contributed by atoms with Crippen LogP contribution >= 0.6 is 0 Å². The molecule has 0 bridgehead atoms. The van der Waals surface area contributed by atoms with E-state index in [0.717, 1.165) is 11.5 Å². The van der Waals surface area contributed by atoms with Crippen molar-refractivity contribution in [3.63, 3.8) is 0 Å². The molecular formula is C18H32N4O4S. The second-order valence-corrected chi connectivity index (χ2v) is 8.43. The number of rotatable bonds is 11. The van der Waals surface area contributed by atoms with Gasteiger partial charge in [0, 0.05) is 33.3 Å². The smallest absolute Gasteiger partial charge is 0.213 e. The molecule has 0 saturated carbocycles. The molecule has 1 unspecified atom stereocenters. The number of guanidine groups is 1. The van der Waals surface area contributed by atoms with E-state index in [0.29, 0.717) is 32.0 Å². The van der Waals surface area contributed by atoms with Gasteiger partial charge in [0.05, 0.1) is 19.4 Å². The lowest BCUT2D eigenvalue weighted by molar-refractivity contribution is 0.223. The molecule has 0 spiro atoms. The number of nitrogens with zero attached hydrogens (tertiary/aromatic N) is 2. The SMILES string of the molecule is CCS(=O)(=O)N(C)CCCNC(=NC)NCC(C)Oc1cccc(OC)c1. The molecule has 0 heterocycles. The molecule has 1 atom stereocenters. The zero-order valence-corrected chi connectivity index (χ0v) is 17.7. The molecule has 0 aliphatic carbocycles. The molecule has 0 aliphatic rings. The molecule has 27 heavy (non-hydrogen) atoms. The van der Waals surface area contributed by atoms with E-state index in [1.165, 1.54) is 4.31 Å². The molecule has 1 rings (SSSR count). The number of hydrogen-bond donors (Lipinski definition) is 2. The lowest BCUT2D eigenvalue weighted by atomic mass is 10.3. The van der Waals surface area contributed by atoms with Crippen LogP contribution in [-0.2, 0) is 10.0 Å². The Bertz CT molecular complexity index is 694. The minimum Gasteiger partial charge on any atom is -0.497 e. The van der Waals surface area contributed by atoms with Crippen molar-refractivity contribution in [3.8, 4) is 11.5 Å². The van der Waals surface area contributed by atoms with Crippen LogP contribution in [-0.4, -0.2) is 71.4 Å². The third kappa shape index (κ3) is 8.49. The Morgan fingerprint density at radius 2 is 2.00 bits per heavy atom. The zero-order chi connectivity index (χ0) is 20.3. The standard InChI is InChI=1S/C18H32N4O4S/c1-6-27(23,24)22(4)12-8-11-20-18(19-3)21-14-15(2)26-17-10-7-9-16(13-17)25-5/h7,9-10,13,15H,6,8,11-12,14H2,1-5H3,(H2,19,20,21). The van der Waals surface area contributed by atoms with Crippen molar-refractivity contribution in [1.29, 1.82) is 0 Å². The van der Waals surface area contributed by atoms with Crippen molar-refractivity contribution >= 4 is 16.0 Å². The Labute approximate surface area is 163 Å². The van der Waals surface area contributed by atoms with Gasteiger partial charge in [0.15, 0.2) is 5.96 Å². The first-order valence-electron chi connectivity index (χ1n) is 9.01. The number of sulfonamides is 1. The predicted octanol–water partition coefficient (Wildman–Crippen LogP) is 1.30. The number of nitrogens with one attached hydrogen (secondary N) is 2. The summed E-state index contributed by atoms with van der Waals surface area (Å²) in [4.78, 5) is 4.16. The van der Waals surface area contributed by atoms with Gasteiger partial charge >= 0.3 is 0 Å². The molecule has 8 nitrogen and oxygen atoms in total. The zero-order valence-electron chi connectivity index (χ0n) is 16.9. The van der Waals surface area contributed by atoms with Crippen molar-refractivity contribution < 1.29 is 17.9 Å². The number of hydrogen-bond acceptors (Lipinski definition) is 5. The summed E-state index contributed by atoms with van der Waals surface area (Å²) >= 11 is 0. The highest BCUT2D eigenvalue weighted by Crippen LogP contribution is 2.19. The topological polar surface area (TPSA) is 92.3 Å². The summed E-state index contributed by atoms with van der Waals surface area (Å²) < 4.78 is 35.8. The quantitative estimate of drug-likeness (QED) is 0.330. The van der Waals surface area contributed by atoms with E-state index in [1.807, 2.05) is 31.2 Å². The van der Waals surface area contributed by atoms with Gasteiger partial charge in [0.2, 0.25) is 10.0 Å². The van der Waals surface area contributed by atoms with Crippen molar-refractivity contribution in [2.75, 3.05) is 46.6 Å². The van der Waals surface area contributed by atoms with Gasteiger partial charge in [-0.05, 0) is 32.4 Å². The molecule has 0 aliphatic heterocycles. The maximum atomic E-state index is 11.7. The largest absolute Gasteiger partial charge is 0.497 e. The van der Waals surface area contributed by atoms with E-state index in [-0.39, 0.29) is 11.9 Å². The van der Waals surface area contributed by atoms with Crippen LogP contribution in [0.3, 0.4) is 0 Å². The predicted molar refractivity (Wildman–Crippen MR) is 109 cm³/mol. The van der Waals surface area contributed by atoms with Crippen molar-refractivity contribution in [2.24, 2.45) is 4.99 Å². The van der Waals surface area contributed by atoms with E-state index in [4.69, 9.17) is 9.47 Å². The first-order chi connectivity index (χ1) is 12.8. The number of methoxy groups -OCH3 is 1. The summed E-state index contributed by atoms with van der Waals surface area (Å²) in [6.45, 7) is 5.26. The Balaban J connectivity index is 2.33. The van der Waals surface area contributed by atoms with Gasteiger partial charge in [0.1, 0.15) is 17.6 Å². The van der Waals surface area contributed by atoms with Gasteiger partial charge in [-0.3, -0.25) is 4.99 Å². The molecule has 0 amide bonds. The van der Waals surface area contributed by atoms with Gasteiger partial charge in [-0.15, -0.1) is 0 Å². The van der Waals surface area contributed by atoms with Crippen LogP contribution in [0.5, 0.6) is 11.5 Å². The number of aliphatic imine (C=N–C) groups is 1. The fraction of sp³-hybridized carbons (Fsp3) is 0.611. The maximum Gasteiger partial charge on any atom is 0.213 e. The highest BCUT2D eigenvalue weighted by molar-refractivity contribution is 7.89. The van der Waals surface area contributed by atoms with E-state index in [2.05, 4.69) is 15.6 Å². The van der Waals surface area contributed by atoms with Crippen LogP contribution in [0.1, 0.15) is 20.3 Å². The van der Waals surface area contributed by atoms with Gasteiger partial charge in [0.25, 0.3) is 0 Å². The molecule has 2 N–H and O–H groups in total. The second-order valence-electron chi connectivity index (χ2n) is 6.06. The highest BCUT2D eigenvalue weighted by atomic mass is 32.2. The van der Waals surface area contributed by atoms with Crippen LogP contribution in [0.15, 0.2) is 29.3 Å². The highest BCUT2D eigenvalue weighted by Gasteiger charge is 2.14. The van der Waals surface area contributed by atoms with Crippen molar-refractivity contribution in [3.05, 3.63) is 24.3 Å². The summed E-state index contributed by atoms with van der Waals surface area (Å²) in [6.07, 6.45) is 0.614. The Morgan fingerprint density at radius 3 is 2.63 bits per heavy atom. The summed E-state index contributed by atoms with van der Waals surface area (Å²) in [5.74, 6) is 2.26. The third-order valence-electron chi connectivity index (χ3n) is 3.94. The molecule has 0 saturated heterocycles. The number of benzene rings is 1. The maximum absolute atomic E-state index is 11.7. The van der Waals surface area contributed by atoms with Crippen LogP contribution in [0, 0.1) is 0 Å². The normalized spacial score (nSPS) is 13.3. The minimum absolute atomic E-state index is 0.0727. The summed E-state index contributed by atoms with van der Waals surface area (Å²) in [6, 6.07) is 7.46. The Hall–Kier alpha value is -2.00. The fourth-order valence-electron chi connectivity index (χ4n) is 2.28. The van der Waals surface area contributed by atoms with Crippen LogP contribution < -0.4 is 20.1 Å². The molecule has 9 heteroatoms. The third-order valence-corrected chi connectivity index (χ3v) is 5.80. The monoisotopic (exact) mass is 400 g/mol. The summed E-state index contributed by atoms with van der Waals surface area (Å²) in [5.41, 5.74) is 0. The first kappa shape index (κ1) is 23.0. The molecule has 0 aromatic heterocycles. The van der Waals surface area contributed by atoms with Crippen molar-refractivity contribution in [1.82, 2.24) is 14.9 Å². The molecular weight excluding hydrogens is 368 g/mol. The van der Waals surface area contributed by atoms with Gasteiger partial charge in [-0.25, -0.2) is 12.7 Å². The summed E-state index contributed by atoms with van der Waals surface area (Å²) in [5, 5.41) is 6.37. The lowest BCUT2D eigenvalue weighted by Gasteiger charge is -2.19. The molecule has 1 aromatic carbocycles.